The second-order valence-electron chi connectivity index (χ2n) is 4.46. The summed E-state index contributed by atoms with van der Waals surface area (Å²) in [5, 5.41) is 3.11. The number of carbonyl (C=O) groups excluding carboxylic acids is 1. The highest BCUT2D eigenvalue weighted by atomic mass is 16.5. The van der Waals surface area contributed by atoms with Crippen molar-refractivity contribution in [3.05, 3.63) is 54.1 Å². The molecule has 0 aromatic heterocycles. The molecule has 0 aliphatic heterocycles. The van der Waals surface area contributed by atoms with Crippen LogP contribution in [0.25, 0.3) is 0 Å². The van der Waals surface area contributed by atoms with Crippen molar-refractivity contribution in [2.45, 2.75) is 6.04 Å². The number of nitrogens with one attached hydrogen (secondary N) is 1. The predicted molar refractivity (Wildman–Crippen MR) is 81.5 cm³/mol. The van der Waals surface area contributed by atoms with Crippen LogP contribution < -0.4 is 20.5 Å². The smallest absolute Gasteiger partial charge is 0.244 e. The minimum absolute atomic E-state index is 0.448. The van der Waals surface area contributed by atoms with E-state index in [-0.39, 0.29) is 0 Å². The maximum absolute atomic E-state index is 11.7. The van der Waals surface area contributed by atoms with E-state index in [1.54, 1.807) is 32.4 Å². The Balaban J connectivity index is 2.28. The molecule has 2 rings (SSSR count). The minimum atomic E-state index is -0.607. The van der Waals surface area contributed by atoms with E-state index >= 15 is 0 Å². The van der Waals surface area contributed by atoms with Crippen molar-refractivity contribution in [2.75, 3.05) is 19.5 Å². The van der Waals surface area contributed by atoms with Gasteiger partial charge in [-0.05, 0) is 17.7 Å². The largest absolute Gasteiger partial charge is 0.493 e. The Bertz CT molecular complexity index is 614. The number of carbonyl (C=O) groups is 1. The Kier molecular flexibility index (Phi) is 4.66. The number of hydrogen-bond donors (Lipinski definition) is 2. The first-order chi connectivity index (χ1) is 10.2. The van der Waals surface area contributed by atoms with E-state index in [0.717, 1.165) is 11.3 Å². The van der Waals surface area contributed by atoms with Gasteiger partial charge in [0.05, 0.1) is 14.2 Å². The molecule has 110 valence electrons. The summed E-state index contributed by atoms with van der Waals surface area (Å²) in [7, 11) is 3.13. The summed E-state index contributed by atoms with van der Waals surface area (Å²) < 4.78 is 10.4. The normalized spacial score (nSPS) is 11.5. The van der Waals surface area contributed by atoms with E-state index in [1.807, 2.05) is 30.3 Å². The molecule has 0 bridgehead atoms. The van der Waals surface area contributed by atoms with Crippen LogP contribution in [0.2, 0.25) is 0 Å². The fraction of sp³-hybridized carbons (Fsp3) is 0.188. The van der Waals surface area contributed by atoms with Crippen LogP contribution in [-0.4, -0.2) is 20.1 Å². The van der Waals surface area contributed by atoms with Gasteiger partial charge in [0, 0.05) is 11.8 Å². The van der Waals surface area contributed by atoms with Crippen molar-refractivity contribution in [3.8, 4) is 11.5 Å². The number of benzene rings is 2. The van der Waals surface area contributed by atoms with Gasteiger partial charge in [0.1, 0.15) is 6.04 Å². The second kappa shape index (κ2) is 6.65. The third kappa shape index (κ3) is 3.45. The molecule has 5 heteroatoms. The number of amides is 1. The quantitative estimate of drug-likeness (QED) is 0.855. The zero-order valence-electron chi connectivity index (χ0n) is 12.0. The van der Waals surface area contributed by atoms with Crippen LogP contribution in [0.4, 0.5) is 5.69 Å². The molecule has 0 unspecified atom stereocenters. The average Bonchev–Trinajstić information content (AvgIpc) is 2.52. The first kappa shape index (κ1) is 14.7. The molecule has 0 saturated carbocycles. The van der Waals surface area contributed by atoms with Crippen LogP contribution in [0.5, 0.6) is 11.5 Å². The zero-order valence-corrected chi connectivity index (χ0v) is 12.0. The molecule has 2 aromatic rings. The summed E-state index contributed by atoms with van der Waals surface area (Å²) in [4.78, 5) is 11.7. The van der Waals surface area contributed by atoms with Gasteiger partial charge < -0.3 is 20.5 Å². The van der Waals surface area contributed by atoms with Crippen LogP contribution in [0.15, 0.2) is 48.5 Å². The monoisotopic (exact) mass is 286 g/mol. The molecule has 0 fully saturated rings. The highest BCUT2D eigenvalue weighted by Gasteiger charge is 2.17. The fourth-order valence-electron chi connectivity index (χ4n) is 2.06. The van der Waals surface area contributed by atoms with E-state index in [9.17, 15) is 4.79 Å². The molecule has 1 amide bonds. The highest BCUT2D eigenvalue weighted by Crippen LogP contribution is 2.31. The highest BCUT2D eigenvalue weighted by molar-refractivity contribution is 5.84. The number of hydrogen-bond acceptors (Lipinski definition) is 4. The summed E-state index contributed by atoms with van der Waals surface area (Å²) >= 11 is 0. The maximum atomic E-state index is 11.7. The molecule has 2 aromatic carbocycles. The minimum Gasteiger partial charge on any atom is -0.493 e. The lowest BCUT2D eigenvalue weighted by Crippen LogP contribution is -2.27. The topological polar surface area (TPSA) is 73.6 Å². The van der Waals surface area contributed by atoms with E-state index in [4.69, 9.17) is 15.2 Å². The molecule has 0 aliphatic carbocycles. The van der Waals surface area contributed by atoms with Gasteiger partial charge >= 0.3 is 0 Å². The second-order valence-corrected chi connectivity index (χ2v) is 4.46. The van der Waals surface area contributed by atoms with Crippen molar-refractivity contribution in [3.63, 3.8) is 0 Å². The van der Waals surface area contributed by atoms with Gasteiger partial charge in [-0.25, -0.2) is 0 Å². The van der Waals surface area contributed by atoms with Gasteiger partial charge in [-0.2, -0.15) is 0 Å². The molecule has 5 nitrogen and oxygen atoms in total. The molecule has 3 N–H and O–H groups in total. The molecule has 1 atom stereocenters. The number of ether oxygens (including phenoxy) is 2. The molecule has 0 aliphatic rings. The first-order valence-electron chi connectivity index (χ1n) is 6.48. The number of methoxy groups -OCH3 is 2. The molecule has 0 saturated heterocycles. The van der Waals surface area contributed by atoms with Gasteiger partial charge in [0.2, 0.25) is 5.91 Å². The summed E-state index contributed by atoms with van der Waals surface area (Å²) in [6.07, 6.45) is 0. The number of rotatable bonds is 6. The van der Waals surface area contributed by atoms with E-state index in [1.165, 1.54) is 0 Å². The summed E-state index contributed by atoms with van der Waals surface area (Å²) in [5.41, 5.74) is 7.01. The summed E-state index contributed by atoms with van der Waals surface area (Å²) in [6.45, 7) is 0. The SMILES string of the molecule is COc1ccc(N[C@H](C(N)=O)c2ccccc2)cc1OC. The summed E-state index contributed by atoms with van der Waals surface area (Å²) in [6, 6.07) is 14.0. The Hall–Kier alpha value is -2.69. The van der Waals surface area contributed by atoms with Gasteiger partial charge in [0.25, 0.3) is 0 Å². The fourth-order valence-corrected chi connectivity index (χ4v) is 2.06. The molecule has 21 heavy (non-hydrogen) atoms. The molecule has 0 heterocycles. The average molecular weight is 286 g/mol. The predicted octanol–water partition coefficient (Wildman–Crippen LogP) is 2.34. The number of anilines is 1. The number of primary amides is 1. The van der Waals surface area contributed by atoms with Crippen molar-refractivity contribution < 1.29 is 14.3 Å². The van der Waals surface area contributed by atoms with Gasteiger partial charge in [-0.1, -0.05) is 30.3 Å². The third-order valence-corrected chi connectivity index (χ3v) is 3.11. The Morgan fingerprint density at radius 1 is 1.05 bits per heavy atom. The van der Waals surface area contributed by atoms with Crippen LogP contribution >= 0.6 is 0 Å². The summed E-state index contributed by atoms with van der Waals surface area (Å²) in [5.74, 6) is 0.758. The Morgan fingerprint density at radius 3 is 2.29 bits per heavy atom. The standard InChI is InChI=1S/C16H18N2O3/c1-20-13-9-8-12(10-14(13)21-2)18-15(16(17)19)11-6-4-3-5-7-11/h3-10,15,18H,1-2H3,(H2,17,19)/t15-/m0/s1. The Morgan fingerprint density at radius 2 is 1.71 bits per heavy atom. The van der Waals surface area contributed by atoms with Crippen molar-refractivity contribution >= 4 is 11.6 Å². The zero-order chi connectivity index (χ0) is 15.2. The number of nitrogens with two attached hydrogens (primary N) is 1. The lowest BCUT2D eigenvalue weighted by molar-refractivity contribution is -0.118. The van der Waals surface area contributed by atoms with E-state index in [0.29, 0.717) is 11.5 Å². The van der Waals surface area contributed by atoms with E-state index in [2.05, 4.69) is 5.32 Å². The van der Waals surface area contributed by atoms with Crippen LogP contribution in [0.3, 0.4) is 0 Å². The van der Waals surface area contributed by atoms with Gasteiger partial charge in [0.15, 0.2) is 11.5 Å². The maximum Gasteiger partial charge on any atom is 0.244 e. The van der Waals surface area contributed by atoms with Crippen LogP contribution in [0, 0.1) is 0 Å². The van der Waals surface area contributed by atoms with E-state index < -0.39 is 11.9 Å². The lowest BCUT2D eigenvalue weighted by atomic mass is 10.1. The molecule has 0 spiro atoms. The lowest BCUT2D eigenvalue weighted by Gasteiger charge is -2.18. The van der Waals surface area contributed by atoms with Crippen molar-refractivity contribution in [1.82, 2.24) is 0 Å². The van der Waals surface area contributed by atoms with Crippen molar-refractivity contribution in [1.29, 1.82) is 0 Å². The van der Waals surface area contributed by atoms with Crippen molar-refractivity contribution in [2.24, 2.45) is 5.73 Å². The molecule has 0 radical (unpaired) electrons. The first-order valence-corrected chi connectivity index (χ1v) is 6.48. The van der Waals surface area contributed by atoms with Gasteiger partial charge in [-0.3, -0.25) is 4.79 Å². The molecular formula is C16H18N2O3. The van der Waals surface area contributed by atoms with Crippen LogP contribution in [-0.2, 0) is 4.79 Å². The Labute approximate surface area is 123 Å². The van der Waals surface area contributed by atoms with Crippen LogP contribution in [0.1, 0.15) is 11.6 Å². The van der Waals surface area contributed by atoms with Gasteiger partial charge in [-0.15, -0.1) is 0 Å². The third-order valence-electron chi connectivity index (χ3n) is 3.11. The molecular weight excluding hydrogens is 268 g/mol.